The van der Waals surface area contributed by atoms with Gasteiger partial charge < -0.3 is 0 Å². The van der Waals surface area contributed by atoms with E-state index in [1.54, 1.807) is 4.80 Å². The summed E-state index contributed by atoms with van der Waals surface area (Å²) in [5, 5.41) is 11.7. The quantitative estimate of drug-likeness (QED) is 0.273. The van der Waals surface area contributed by atoms with Crippen molar-refractivity contribution in [1.29, 1.82) is 0 Å². The third kappa shape index (κ3) is 4.03. The van der Waals surface area contributed by atoms with E-state index >= 15 is 0 Å². The van der Waals surface area contributed by atoms with Gasteiger partial charge in [0.15, 0.2) is 0 Å². The molecule has 0 aliphatic heterocycles. The van der Waals surface area contributed by atoms with Crippen molar-refractivity contribution in [2.75, 3.05) is 0 Å². The molecule has 0 aliphatic rings. The van der Waals surface area contributed by atoms with Crippen LogP contribution in [0.2, 0.25) is 0 Å². The van der Waals surface area contributed by atoms with Crippen LogP contribution in [0.15, 0.2) is 78.9 Å². The minimum absolute atomic E-state index is 0. The molecule has 0 N–H and O–H groups in total. The van der Waals surface area contributed by atoms with Crippen LogP contribution in [0.25, 0.3) is 39.6 Å². The first-order valence-electron chi connectivity index (χ1n) is 9.28. The van der Waals surface area contributed by atoms with Crippen LogP contribution >= 0.6 is 0 Å². The van der Waals surface area contributed by atoms with Gasteiger partial charge in [0.1, 0.15) is 11.0 Å². The van der Waals surface area contributed by atoms with Crippen LogP contribution < -0.4 is 29.6 Å². The number of rotatable bonds is 3. The molecule has 1 heterocycles. The first kappa shape index (κ1) is 19.6. The third-order valence-corrected chi connectivity index (χ3v) is 4.83. The largest absolute Gasteiger partial charge is 1.00 e. The molecule has 134 valence electrons. The Morgan fingerprint density at radius 2 is 1.72 bits per heavy atom. The molecule has 1 aromatic heterocycles. The third-order valence-electron chi connectivity index (χ3n) is 4.83. The Morgan fingerprint density at radius 3 is 2.52 bits per heavy atom. The molecule has 0 bridgehead atoms. The molecular formula is C25H18N3Na. The van der Waals surface area contributed by atoms with Crippen LogP contribution in [0, 0.1) is 13.0 Å². The fourth-order valence-corrected chi connectivity index (χ4v) is 3.35. The second-order valence-electron chi connectivity index (χ2n) is 6.89. The molecular weight excluding hydrogens is 365 g/mol. The summed E-state index contributed by atoms with van der Waals surface area (Å²) in [6.07, 6.45) is 4.14. The molecule has 5 aromatic rings. The zero-order valence-electron chi connectivity index (χ0n) is 16.5. The van der Waals surface area contributed by atoms with E-state index in [4.69, 9.17) is 5.10 Å². The van der Waals surface area contributed by atoms with E-state index in [0.29, 0.717) is 0 Å². The van der Waals surface area contributed by atoms with Crippen molar-refractivity contribution >= 4 is 34.0 Å². The van der Waals surface area contributed by atoms with Gasteiger partial charge in [-0.15, -0.1) is 30.3 Å². The van der Waals surface area contributed by atoms with Crippen LogP contribution in [-0.2, 0) is 0 Å². The van der Waals surface area contributed by atoms with Gasteiger partial charge in [-0.1, -0.05) is 66.2 Å². The van der Waals surface area contributed by atoms with Crippen molar-refractivity contribution in [3.8, 4) is 5.69 Å². The second kappa shape index (κ2) is 8.34. The van der Waals surface area contributed by atoms with Crippen LogP contribution in [-0.4, -0.2) is 15.0 Å². The molecule has 4 aromatic carbocycles. The zero-order chi connectivity index (χ0) is 18.9. The zero-order valence-corrected chi connectivity index (χ0v) is 18.5. The summed E-state index contributed by atoms with van der Waals surface area (Å²) in [7, 11) is 0. The van der Waals surface area contributed by atoms with Gasteiger partial charge in [0, 0.05) is 11.1 Å². The molecule has 29 heavy (non-hydrogen) atoms. The van der Waals surface area contributed by atoms with Crippen LogP contribution in [0.4, 0.5) is 0 Å². The number of aryl methyl sites for hydroxylation is 1. The molecule has 3 nitrogen and oxygen atoms in total. The average molecular weight is 383 g/mol. The summed E-state index contributed by atoms with van der Waals surface area (Å²) < 4.78 is 0. The topological polar surface area (TPSA) is 30.7 Å². The Labute approximate surface area is 192 Å². The Balaban J connectivity index is 0.00000205. The van der Waals surface area contributed by atoms with Crippen molar-refractivity contribution < 1.29 is 29.6 Å². The van der Waals surface area contributed by atoms with Gasteiger partial charge in [0.2, 0.25) is 0 Å². The molecule has 5 rings (SSSR count). The van der Waals surface area contributed by atoms with E-state index in [1.807, 2.05) is 42.5 Å². The first-order valence-corrected chi connectivity index (χ1v) is 9.28. The fourth-order valence-electron chi connectivity index (χ4n) is 3.35. The van der Waals surface area contributed by atoms with E-state index in [1.165, 1.54) is 16.5 Å². The average Bonchev–Trinajstić information content (AvgIpc) is 3.18. The molecule has 0 saturated heterocycles. The molecule has 0 amide bonds. The normalized spacial score (nSPS) is 11.2. The molecule has 0 atom stereocenters. The molecule has 0 saturated carbocycles. The summed E-state index contributed by atoms with van der Waals surface area (Å²) in [6.45, 7) is 2.10. The minimum atomic E-state index is 0. The number of hydrogen-bond donors (Lipinski definition) is 0. The molecule has 4 heteroatoms. The van der Waals surface area contributed by atoms with E-state index in [0.717, 1.165) is 27.7 Å². The van der Waals surface area contributed by atoms with Gasteiger partial charge in [-0.3, -0.25) is 0 Å². The van der Waals surface area contributed by atoms with Crippen LogP contribution in [0.1, 0.15) is 16.7 Å². The maximum absolute atomic E-state index is 4.73. The maximum Gasteiger partial charge on any atom is 1.00 e. The maximum atomic E-state index is 4.73. The van der Waals surface area contributed by atoms with Crippen molar-refractivity contribution in [2.45, 2.75) is 6.92 Å². The standard InChI is InChI=1S/C25H18N3.Na/c1-18-7-15-23-21(17-18)12-16-24-25(23)27-28(26-24)22-13-10-20(11-14-22)9-8-19-5-3-2-4-6-19;/h2-10,12-17H,1H3;/q-1;+1/b9-8+;. The predicted molar refractivity (Wildman–Crippen MR) is 115 cm³/mol. The van der Waals surface area contributed by atoms with Gasteiger partial charge in [0.05, 0.1) is 0 Å². The Kier molecular flexibility index (Phi) is 5.63. The van der Waals surface area contributed by atoms with E-state index in [2.05, 4.69) is 66.6 Å². The Morgan fingerprint density at radius 1 is 0.862 bits per heavy atom. The summed E-state index contributed by atoms with van der Waals surface area (Å²) in [5.74, 6) is 0. The SMILES string of the molecule is Cc1ccc2c(ccc3nn(-c4c[c-]c(/C=C/c5ccccc5)cc4)nc32)c1.[Na+]. The van der Waals surface area contributed by atoms with E-state index in [-0.39, 0.29) is 29.6 Å². The van der Waals surface area contributed by atoms with Crippen molar-refractivity contribution in [2.24, 2.45) is 0 Å². The van der Waals surface area contributed by atoms with Crippen molar-refractivity contribution in [3.05, 3.63) is 102 Å². The summed E-state index contributed by atoms with van der Waals surface area (Å²) in [5.41, 5.74) is 6.14. The van der Waals surface area contributed by atoms with Crippen molar-refractivity contribution in [3.63, 3.8) is 0 Å². The monoisotopic (exact) mass is 383 g/mol. The minimum Gasteiger partial charge on any atom is -0.192 e. The van der Waals surface area contributed by atoms with Gasteiger partial charge in [-0.25, -0.2) is 0 Å². The molecule has 0 fully saturated rings. The summed E-state index contributed by atoms with van der Waals surface area (Å²) >= 11 is 0. The molecule has 0 aliphatic carbocycles. The molecule has 0 unspecified atom stereocenters. The Bertz CT molecular complexity index is 1300. The second-order valence-corrected chi connectivity index (χ2v) is 6.89. The predicted octanol–water partition coefficient (Wildman–Crippen LogP) is 2.86. The first-order chi connectivity index (χ1) is 13.8. The number of aromatic nitrogens is 3. The number of fused-ring (bicyclic) bond motifs is 3. The van der Waals surface area contributed by atoms with Crippen LogP contribution in [0.5, 0.6) is 0 Å². The Hall–Kier alpha value is -2.72. The van der Waals surface area contributed by atoms with Crippen LogP contribution in [0.3, 0.4) is 0 Å². The number of nitrogens with zero attached hydrogens (tertiary/aromatic N) is 3. The van der Waals surface area contributed by atoms with Gasteiger partial charge in [0.25, 0.3) is 0 Å². The van der Waals surface area contributed by atoms with Gasteiger partial charge in [-0.05, 0) is 23.9 Å². The van der Waals surface area contributed by atoms with E-state index in [9.17, 15) is 0 Å². The van der Waals surface area contributed by atoms with E-state index < -0.39 is 0 Å². The fraction of sp³-hybridized carbons (Fsp3) is 0.0400. The summed E-state index contributed by atoms with van der Waals surface area (Å²) in [6, 6.07) is 30.1. The van der Waals surface area contributed by atoms with Crippen molar-refractivity contribution in [1.82, 2.24) is 15.0 Å². The number of benzene rings is 4. The summed E-state index contributed by atoms with van der Waals surface area (Å²) in [4.78, 5) is 1.69. The van der Waals surface area contributed by atoms with Gasteiger partial charge >= 0.3 is 29.6 Å². The smallest absolute Gasteiger partial charge is 0.192 e. The molecule has 0 radical (unpaired) electrons. The number of hydrogen-bond acceptors (Lipinski definition) is 2. The molecule has 0 spiro atoms. The van der Waals surface area contributed by atoms with Gasteiger partial charge in [-0.2, -0.15) is 20.6 Å².